The first kappa shape index (κ1) is 17.5. The summed E-state index contributed by atoms with van der Waals surface area (Å²) in [5, 5.41) is 6.49. The number of thiazole rings is 1. The van der Waals surface area contributed by atoms with Crippen molar-refractivity contribution in [1.29, 1.82) is 0 Å². The van der Waals surface area contributed by atoms with Crippen LogP contribution in [0.3, 0.4) is 0 Å². The summed E-state index contributed by atoms with van der Waals surface area (Å²) in [4.78, 5) is 21.4. The molecule has 0 radical (unpaired) electrons. The Balaban J connectivity index is 1.87. The average Bonchev–Trinajstić information content (AvgIpc) is 3.17. The van der Waals surface area contributed by atoms with Crippen molar-refractivity contribution in [2.24, 2.45) is 4.99 Å². The van der Waals surface area contributed by atoms with Crippen molar-refractivity contribution in [3.8, 4) is 0 Å². The predicted octanol–water partition coefficient (Wildman–Crippen LogP) is 5.34. The number of nitrogens with zero attached hydrogens (tertiary/aromatic N) is 2. The maximum Gasteiger partial charge on any atom is 0.262 e. The van der Waals surface area contributed by atoms with E-state index in [2.05, 4.69) is 15.3 Å². The molecular weight excluding hydrogens is 382 g/mol. The fourth-order valence-corrected chi connectivity index (χ4v) is 3.23. The number of nitrogens with one attached hydrogen (secondary N) is 1. The highest BCUT2D eigenvalue weighted by atomic mass is 35.5. The van der Waals surface area contributed by atoms with Gasteiger partial charge in [-0.1, -0.05) is 35.9 Å². The second-order valence-corrected chi connectivity index (χ2v) is 7.14. The van der Waals surface area contributed by atoms with Gasteiger partial charge in [0, 0.05) is 22.0 Å². The molecule has 7 heteroatoms. The number of carbonyl (C=O) groups excluding carboxylic acids is 1. The van der Waals surface area contributed by atoms with Gasteiger partial charge in [-0.05, 0) is 36.8 Å². The third-order valence-electron chi connectivity index (χ3n) is 3.94. The number of halogens is 1. The first-order valence-electron chi connectivity index (χ1n) is 8.15. The molecule has 2 heterocycles. The number of benzene rings is 2. The molecule has 1 amide bonds. The van der Waals surface area contributed by atoms with E-state index in [1.165, 1.54) is 11.3 Å². The van der Waals surface area contributed by atoms with Crippen LogP contribution in [-0.4, -0.2) is 10.9 Å². The normalized spacial score (nSPS) is 11.7. The standard InChI is InChI=1S/C20H14ClN3O2S/c1-12-6-7-14(11-16(12)21)23-19-15(18(25)24-20-22-8-9-27-20)10-13-4-2-3-5-17(13)26-19/h2-11H,1H3,(H,22,24,25). The smallest absolute Gasteiger partial charge is 0.262 e. The highest BCUT2D eigenvalue weighted by Gasteiger charge is 2.14. The molecule has 134 valence electrons. The number of aromatic nitrogens is 1. The number of hydrogen-bond acceptors (Lipinski definition) is 5. The van der Waals surface area contributed by atoms with Crippen molar-refractivity contribution in [2.45, 2.75) is 6.92 Å². The molecule has 0 aliphatic carbocycles. The van der Waals surface area contributed by atoms with E-state index in [-0.39, 0.29) is 11.5 Å². The minimum atomic E-state index is -0.337. The minimum Gasteiger partial charge on any atom is -0.438 e. The number of rotatable bonds is 3. The van der Waals surface area contributed by atoms with E-state index >= 15 is 0 Å². The van der Waals surface area contributed by atoms with Crippen LogP contribution in [0.4, 0.5) is 10.8 Å². The van der Waals surface area contributed by atoms with E-state index < -0.39 is 0 Å². The van der Waals surface area contributed by atoms with Crippen LogP contribution in [-0.2, 0) is 0 Å². The van der Waals surface area contributed by atoms with Gasteiger partial charge < -0.3 is 4.42 Å². The van der Waals surface area contributed by atoms with Crippen molar-refractivity contribution < 1.29 is 9.21 Å². The summed E-state index contributed by atoms with van der Waals surface area (Å²) in [5.41, 5.74) is 2.73. The van der Waals surface area contributed by atoms with Gasteiger partial charge in [-0.3, -0.25) is 10.1 Å². The molecule has 0 fully saturated rings. The third-order valence-corrected chi connectivity index (χ3v) is 5.04. The van der Waals surface area contributed by atoms with Gasteiger partial charge in [0.25, 0.3) is 5.91 Å². The summed E-state index contributed by atoms with van der Waals surface area (Å²) in [6, 6.07) is 14.7. The molecular formula is C20H14ClN3O2S. The zero-order valence-electron chi connectivity index (χ0n) is 14.3. The molecule has 2 aromatic carbocycles. The molecule has 4 aromatic rings. The lowest BCUT2D eigenvalue weighted by atomic mass is 10.1. The summed E-state index contributed by atoms with van der Waals surface area (Å²) >= 11 is 7.54. The molecule has 0 spiro atoms. The average molecular weight is 396 g/mol. The zero-order valence-corrected chi connectivity index (χ0v) is 15.8. The van der Waals surface area contributed by atoms with Crippen molar-refractivity contribution in [3.63, 3.8) is 0 Å². The number of hydrogen-bond donors (Lipinski definition) is 1. The lowest BCUT2D eigenvalue weighted by Gasteiger charge is -2.05. The molecule has 0 atom stereocenters. The fraction of sp³-hybridized carbons (Fsp3) is 0.0500. The molecule has 0 saturated carbocycles. The molecule has 2 aromatic heterocycles. The van der Waals surface area contributed by atoms with Crippen molar-refractivity contribution in [2.75, 3.05) is 5.32 Å². The third kappa shape index (κ3) is 3.77. The van der Waals surface area contributed by atoms with Gasteiger partial charge in [0.15, 0.2) is 5.13 Å². The fourth-order valence-electron chi connectivity index (χ4n) is 2.53. The SMILES string of the molecule is Cc1ccc(N=c2oc3ccccc3cc2C(=O)Nc2nccs2)cc1Cl. The Morgan fingerprint density at radius 1 is 1.22 bits per heavy atom. The topological polar surface area (TPSA) is 67.5 Å². The van der Waals surface area contributed by atoms with Crippen molar-refractivity contribution in [1.82, 2.24) is 4.98 Å². The molecule has 5 nitrogen and oxygen atoms in total. The highest BCUT2D eigenvalue weighted by Crippen LogP contribution is 2.22. The van der Waals surface area contributed by atoms with Gasteiger partial charge in [0.2, 0.25) is 5.55 Å². The minimum absolute atomic E-state index is 0.211. The molecule has 0 saturated heterocycles. The predicted molar refractivity (Wildman–Crippen MR) is 108 cm³/mol. The van der Waals surface area contributed by atoms with Crippen LogP contribution in [0.5, 0.6) is 0 Å². The Kier molecular flexibility index (Phi) is 4.75. The van der Waals surface area contributed by atoms with Crippen LogP contribution in [0.1, 0.15) is 15.9 Å². The van der Waals surface area contributed by atoms with E-state index in [1.54, 1.807) is 23.7 Å². The number of carbonyl (C=O) groups is 1. The second-order valence-electron chi connectivity index (χ2n) is 5.84. The van der Waals surface area contributed by atoms with E-state index in [4.69, 9.17) is 16.0 Å². The van der Waals surface area contributed by atoms with Crippen LogP contribution in [0.15, 0.2) is 69.5 Å². The summed E-state index contributed by atoms with van der Waals surface area (Å²) in [6.45, 7) is 1.92. The lowest BCUT2D eigenvalue weighted by Crippen LogP contribution is -2.21. The summed E-state index contributed by atoms with van der Waals surface area (Å²) in [7, 11) is 0. The van der Waals surface area contributed by atoms with Gasteiger partial charge >= 0.3 is 0 Å². The van der Waals surface area contributed by atoms with E-state index in [1.807, 2.05) is 43.3 Å². The Hall–Kier alpha value is -2.96. The van der Waals surface area contributed by atoms with Crippen LogP contribution >= 0.6 is 22.9 Å². The number of aryl methyl sites for hydroxylation is 1. The van der Waals surface area contributed by atoms with Gasteiger partial charge in [-0.15, -0.1) is 11.3 Å². The quantitative estimate of drug-likeness (QED) is 0.509. The molecule has 0 unspecified atom stereocenters. The molecule has 4 rings (SSSR count). The molecule has 27 heavy (non-hydrogen) atoms. The van der Waals surface area contributed by atoms with E-state index in [9.17, 15) is 4.79 Å². The van der Waals surface area contributed by atoms with Crippen LogP contribution in [0.25, 0.3) is 11.0 Å². The largest absolute Gasteiger partial charge is 0.438 e. The first-order chi connectivity index (χ1) is 13.1. The van der Waals surface area contributed by atoms with Crippen molar-refractivity contribution >= 4 is 50.6 Å². The number of para-hydroxylation sites is 1. The summed E-state index contributed by atoms with van der Waals surface area (Å²) in [5.74, 6) is -0.337. The highest BCUT2D eigenvalue weighted by molar-refractivity contribution is 7.13. The van der Waals surface area contributed by atoms with Crippen molar-refractivity contribution in [3.05, 3.63) is 81.8 Å². The lowest BCUT2D eigenvalue weighted by molar-refractivity contribution is 0.102. The Bertz CT molecular complexity index is 1200. The molecule has 1 N–H and O–H groups in total. The number of fused-ring (bicyclic) bond motifs is 1. The Morgan fingerprint density at radius 2 is 2.07 bits per heavy atom. The monoisotopic (exact) mass is 395 g/mol. The maximum atomic E-state index is 12.8. The van der Waals surface area contributed by atoms with E-state index in [0.29, 0.717) is 27.0 Å². The number of anilines is 1. The molecule has 0 aliphatic rings. The van der Waals surface area contributed by atoms with Gasteiger partial charge in [0.05, 0.1) is 5.69 Å². The number of amides is 1. The molecule has 0 aliphatic heterocycles. The first-order valence-corrected chi connectivity index (χ1v) is 9.40. The summed E-state index contributed by atoms with van der Waals surface area (Å²) < 4.78 is 5.92. The van der Waals surface area contributed by atoms with Gasteiger partial charge in [0.1, 0.15) is 11.1 Å². The van der Waals surface area contributed by atoms with Gasteiger partial charge in [-0.25, -0.2) is 9.98 Å². The van der Waals surface area contributed by atoms with Crippen LogP contribution in [0, 0.1) is 6.92 Å². The van der Waals surface area contributed by atoms with Crippen LogP contribution < -0.4 is 10.9 Å². The van der Waals surface area contributed by atoms with Gasteiger partial charge in [-0.2, -0.15) is 0 Å². The second kappa shape index (κ2) is 7.34. The summed E-state index contributed by atoms with van der Waals surface area (Å²) in [6.07, 6.45) is 1.63. The van der Waals surface area contributed by atoms with E-state index in [0.717, 1.165) is 10.9 Å². The van der Waals surface area contributed by atoms with Crippen LogP contribution in [0.2, 0.25) is 5.02 Å². The maximum absolute atomic E-state index is 12.8. The zero-order chi connectivity index (χ0) is 18.8. The molecule has 0 bridgehead atoms. The Morgan fingerprint density at radius 3 is 2.85 bits per heavy atom. The Labute approximate surface area is 164 Å².